The summed E-state index contributed by atoms with van der Waals surface area (Å²) in [5, 5.41) is 8.51. The molecule has 14 heavy (non-hydrogen) atoms. The Morgan fingerprint density at radius 2 is 2.36 bits per heavy atom. The van der Waals surface area contributed by atoms with Crippen LogP contribution >= 0.6 is 22.6 Å². The maximum Gasteiger partial charge on any atom is 0.305 e. The van der Waals surface area contributed by atoms with E-state index in [-0.39, 0.29) is 12.0 Å². The highest BCUT2D eigenvalue weighted by Crippen LogP contribution is 2.11. The van der Waals surface area contributed by atoms with Crippen molar-refractivity contribution in [2.24, 2.45) is 5.73 Å². The first-order chi connectivity index (χ1) is 6.50. The van der Waals surface area contributed by atoms with E-state index in [4.69, 9.17) is 10.8 Å². The number of carbonyl (C=O) groups is 1. The van der Waals surface area contributed by atoms with Crippen LogP contribution in [0, 0.1) is 3.57 Å². The molecule has 4 N–H and O–H groups in total. The number of pyridine rings is 1. The summed E-state index contributed by atoms with van der Waals surface area (Å²) < 4.78 is 0.818. The van der Waals surface area contributed by atoms with E-state index in [0.29, 0.717) is 5.56 Å². The van der Waals surface area contributed by atoms with Crippen LogP contribution in [0.5, 0.6) is 0 Å². The Bertz CT molecular complexity index is 402. The summed E-state index contributed by atoms with van der Waals surface area (Å²) in [5.74, 6) is -1.02. The Morgan fingerprint density at radius 3 is 2.93 bits per heavy atom. The van der Waals surface area contributed by atoms with Crippen LogP contribution in [-0.2, 0) is 4.79 Å². The quantitative estimate of drug-likeness (QED) is 0.707. The molecule has 0 aliphatic heterocycles. The predicted molar refractivity (Wildman–Crippen MR) is 59.0 cm³/mol. The van der Waals surface area contributed by atoms with Gasteiger partial charge in [0.05, 0.1) is 6.42 Å². The van der Waals surface area contributed by atoms with Gasteiger partial charge in [0.25, 0.3) is 5.56 Å². The maximum absolute atomic E-state index is 11.3. The molecule has 0 unspecified atom stereocenters. The Kier molecular flexibility index (Phi) is 3.64. The number of carboxylic acid groups (broad SMARTS) is 1. The molecule has 0 aliphatic carbocycles. The number of aliphatic carboxylic acids is 1. The number of hydrogen-bond acceptors (Lipinski definition) is 3. The molecule has 1 heterocycles. The normalized spacial score (nSPS) is 12.4. The number of nitrogens with two attached hydrogens (primary N) is 1. The van der Waals surface area contributed by atoms with Crippen molar-refractivity contribution in [3.8, 4) is 0 Å². The number of rotatable bonds is 3. The van der Waals surface area contributed by atoms with Crippen molar-refractivity contribution in [1.82, 2.24) is 4.98 Å². The van der Waals surface area contributed by atoms with Gasteiger partial charge in [-0.3, -0.25) is 9.59 Å². The zero-order chi connectivity index (χ0) is 10.7. The molecule has 1 atom stereocenters. The number of carboxylic acids is 1. The molecule has 0 spiro atoms. The number of H-pyrrole nitrogens is 1. The topological polar surface area (TPSA) is 96.2 Å². The standard InChI is InChI=1S/C8H9IN2O3/c9-4-1-5(8(14)11-3-4)6(10)2-7(12)13/h1,3,6H,2,10H2,(H,11,14)(H,12,13)/t6-/m0/s1. The summed E-state index contributed by atoms with van der Waals surface area (Å²) >= 11 is 2.02. The smallest absolute Gasteiger partial charge is 0.305 e. The van der Waals surface area contributed by atoms with Gasteiger partial charge in [0.1, 0.15) is 0 Å². The lowest BCUT2D eigenvalue weighted by Gasteiger charge is -2.07. The van der Waals surface area contributed by atoms with Crippen molar-refractivity contribution in [2.45, 2.75) is 12.5 Å². The van der Waals surface area contributed by atoms with E-state index in [2.05, 4.69) is 4.98 Å². The van der Waals surface area contributed by atoms with Crippen molar-refractivity contribution >= 4 is 28.6 Å². The molecule has 0 radical (unpaired) electrons. The number of hydrogen-bond donors (Lipinski definition) is 3. The molecule has 1 aromatic heterocycles. The molecule has 0 amide bonds. The lowest BCUT2D eigenvalue weighted by Crippen LogP contribution is -2.23. The molecule has 0 bridgehead atoms. The second kappa shape index (κ2) is 4.56. The lowest BCUT2D eigenvalue weighted by molar-refractivity contribution is -0.137. The molecule has 5 nitrogen and oxygen atoms in total. The number of aromatic amines is 1. The van der Waals surface area contributed by atoms with E-state index in [1.807, 2.05) is 22.6 Å². The van der Waals surface area contributed by atoms with Crippen LogP contribution in [0.4, 0.5) is 0 Å². The van der Waals surface area contributed by atoms with E-state index in [9.17, 15) is 9.59 Å². The fraction of sp³-hybridized carbons (Fsp3) is 0.250. The van der Waals surface area contributed by atoms with Gasteiger partial charge in [0.15, 0.2) is 0 Å². The summed E-state index contributed by atoms with van der Waals surface area (Å²) in [7, 11) is 0. The van der Waals surface area contributed by atoms with E-state index in [1.54, 1.807) is 12.3 Å². The lowest BCUT2D eigenvalue weighted by atomic mass is 10.1. The SMILES string of the molecule is N[C@@H](CC(=O)O)c1cc(I)c[nH]c1=O. The molecule has 0 saturated heterocycles. The summed E-state index contributed by atoms with van der Waals surface area (Å²) in [6, 6.07) is 0.832. The van der Waals surface area contributed by atoms with Gasteiger partial charge in [0.2, 0.25) is 0 Å². The fourth-order valence-corrected chi connectivity index (χ4v) is 1.54. The van der Waals surface area contributed by atoms with Crippen molar-refractivity contribution in [2.75, 3.05) is 0 Å². The van der Waals surface area contributed by atoms with Crippen LogP contribution in [0.3, 0.4) is 0 Å². The summed E-state index contributed by atoms with van der Waals surface area (Å²) in [5.41, 5.74) is 5.53. The second-order valence-electron chi connectivity index (χ2n) is 2.81. The van der Waals surface area contributed by atoms with Crippen molar-refractivity contribution in [3.63, 3.8) is 0 Å². The zero-order valence-electron chi connectivity index (χ0n) is 7.16. The minimum absolute atomic E-state index is 0.247. The number of nitrogens with one attached hydrogen (secondary N) is 1. The summed E-state index contributed by atoms with van der Waals surface area (Å²) in [4.78, 5) is 24.1. The fourth-order valence-electron chi connectivity index (χ4n) is 1.05. The van der Waals surface area contributed by atoms with Crippen molar-refractivity contribution in [1.29, 1.82) is 0 Å². The average Bonchev–Trinajstić information content (AvgIpc) is 2.08. The third kappa shape index (κ3) is 2.81. The largest absolute Gasteiger partial charge is 0.481 e. The molecule has 76 valence electrons. The first kappa shape index (κ1) is 11.2. The van der Waals surface area contributed by atoms with Gasteiger partial charge in [-0.05, 0) is 28.7 Å². The first-order valence-electron chi connectivity index (χ1n) is 3.86. The van der Waals surface area contributed by atoms with Crippen LogP contribution in [-0.4, -0.2) is 16.1 Å². The molecule has 0 aromatic carbocycles. The van der Waals surface area contributed by atoms with Crippen LogP contribution in [0.1, 0.15) is 18.0 Å². The van der Waals surface area contributed by atoms with Crippen LogP contribution in [0.25, 0.3) is 0 Å². The summed E-state index contributed by atoms with van der Waals surface area (Å²) in [6.07, 6.45) is 1.29. The van der Waals surface area contributed by atoms with Crippen molar-refractivity contribution < 1.29 is 9.90 Å². The minimum atomic E-state index is -1.02. The maximum atomic E-state index is 11.3. The minimum Gasteiger partial charge on any atom is -0.481 e. The highest BCUT2D eigenvalue weighted by atomic mass is 127. The molecule has 1 rings (SSSR count). The first-order valence-corrected chi connectivity index (χ1v) is 4.94. The van der Waals surface area contributed by atoms with E-state index >= 15 is 0 Å². The molecule has 0 aliphatic rings. The highest BCUT2D eigenvalue weighted by Gasteiger charge is 2.14. The van der Waals surface area contributed by atoms with Gasteiger partial charge in [-0.2, -0.15) is 0 Å². The molecule has 6 heteroatoms. The Labute approximate surface area is 93.5 Å². The van der Waals surface area contributed by atoms with E-state index in [1.165, 1.54) is 0 Å². The molecule has 0 saturated carbocycles. The van der Waals surface area contributed by atoms with Crippen molar-refractivity contribution in [3.05, 3.63) is 31.8 Å². The third-order valence-corrected chi connectivity index (χ3v) is 2.31. The van der Waals surface area contributed by atoms with Crippen LogP contribution in [0.15, 0.2) is 17.1 Å². The Balaban J connectivity index is 2.99. The van der Waals surface area contributed by atoms with Gasteiger partial charge >= 0.3 is 5.97 Å². The van der Waals surface area contributed by atoms with Crippen LogP contribution in [0.2, 0.25) is 0 Å². The predicted octanol–water partition coefficient (Wildman–Crippen LogP) is 0.454. The highest BCUT2D eigenvalue weighted by molar-refractivity contribution is 14.1. The summed E-state index contributed by atoms with van der Waals surface area (Å²) in [6.45, 7) is 0. The van der Waals surface area contributed by atoms with E-state index in [0.717, 1.165) is 3.57 Å². The van der Waals surface area contributed by atoms with Gasteiger partial charge in [-0.25, -0.2) is 0 Å². The monoisotopic (exact) mass is 308 g/mol. The van der Waals surface area contributed by atoms with Gasteiger partial charge in [-0.15, -0.1) is 0 Å². The second-order valence-corrected chi connectivity index (χ2v) is 4.05. The van der Waals surface area contributed by atoms with Gasteiger partial charge in [-0.1, -0.05) is 0 Å². The Morgan fingerprint density at radius 1 is 1.71 bits per heavy atom. The van der Waals surface area contributed by atoms with E-state index < -0.39 is 12.0 Å². The molecular formula is C8H9IN2O3. The average molecular weight is 308 g/mol. The zero-order valence-corrected chi connectivity index (χ0v) is 9.32. The van der Waals surface area contributed by atoms with Crippen LogP contribution < -0.4 is 11.3 Å². The third-order valence-electron chi connectivity index (χ3n) is 1.69. The molecular weight excluding hydrogens is 299 g/mol. The molecule has 0 fully saturated rings. The van der Waals surface area contributed by atoms with Gasteiger partial charge in [0, 0.05) is 21.4 Å². The Hall–Kier alpha value is -0.890. The number of aromatic nitrogens is 1. The van der Waals surface area contributed by atoms with Gasteiger partial charge < -0.3 is 15.8 Å². The number of halogens is 1. The molecule has 1 aromatic rings.